The van der Waals surface area contributed by atoms with Crippen molar-refractivity contribution in [3.05, 3.63) is 35.9 Å². The fourth-order valence-electron chi connectivity index (χ4n) is 4.20. The van der Waals surface area contributed by atoms with Crippen LogP contribution in [0.25, 0.3) is 0 Å². The van der Waals surface area contributed by atoms with E-state index >= 15 is 0 Å². The summed E-state index contributed by atoms with van der Waals surface area (Å²) in [5, 5.41) is 13.8. The van der Waals surface area contributed by atoms with Gasteiger partial charge in [-0.1, -0.05) is 44.2 Å². The van der Waals surface area contributed by atoms with Gasteiger partial charge in [-0.05, 0) is 43.7 Å². The topological polar surface area (TPSA) is 52.6 Å². The van der Waals surface area contributed by atoms with Gasteiger partial charge in [0.05, 0.1) is 11.0 Å². The first kappa shape index (κ1) is 17.4. The molecule has 4 heteroatoms. The number of rotatable bonds is 5. The van der Waals surface area contributed by atoms with Crippen LogP contribution in [-0.4, -0.2) is 48.2 Å². The molecule has 1 saturated carbocycles. The van der Waals surface area contributed by atoms with Crippen molar-refractivity contribution in [1.82, 2.24) is 10.2 Å². The minimum absolute atomic E-state index is 0.0110. The molecule has 1 unspecified atom stereocenters. The third-order valence-corrected chi connectivity index (χ3v) is 6.19. The van der Waals surface area contributed by atoms with Crippen molar-refractivity contribution in [3.8, 4) is 0 Å². The van der Waals surface area contributed by atoms with Crippen LogP contribution < -0.4 is 5.32 Å². The molecule has 2 fully saturated rings. The first-order chi connectivity index (χ1) is 11.3. The third-order valence-electron chi connectivity index (χ3n) is 6.19. The Morgan fingerprint density at radius 3 is 2.33 bits per heavy atom. The molecule has 1 aliphatic carbocycles. The number of hydrogen-bond acceptors (Lipinski definition) is 3. The molecule has 1 atom stereocenters. The van der Waals surface area contributed by atoms with Crippen molar-refractivity contribution in [3.63, 3.8) is 0 Å². The molecule has 4 nitrogen and oxygen atoms in total. The highest BCUT2D eigenvalue weighted by molar-refractivity contribution is 5.93. The molecular formula is C20H30N2O2. The summed E-state index contributed by atoms with van der Waals surface area (Å²) in [5.41, 5.74) is 0.0520. The quantitative estimate of drug-likeness (QED) is 0.871. The van der Waals surface area contributed by atoms with E-state index < -0.39 is 11.0 Å². The van der Waals surface area contributed by atoms with Gasteiger partial charge in [0.15, 0.2) is 0 Å². The first-order valence-corrected chi connectivity index (χ1v) is 9.04. The maximum Gasteiger partial charge on any atom is 0.231 e. The maximum absolute atomic E-state index is 12.9. The fourth-order valence-corrected chi connectivity index (χ4v) is 4.20. The molecule has 0 radical (unpaired) electrons. The van der Waals surface area contributed by atoms with Crippen molar-refractivity contribution in [1.29, 1.82) is 0 Å². The number of amides is 1. The predicted octanol–water partition coefficient (Wildman–Crippen LogP) is 2.32. The van der Waals surface area contributed by atoms with E-state index in [1.165, 1.54) is 0 Å². The molecule has 1 aromatic rings. The van der Waals surface area contributed by atoms with E-state index in [-0.39, 0.29) is 11.3 Å². The van der Waals surface area contributed by atoms with Crippen molar-refractivity contribution in [2.45, 2.75) is 50.5 Å². The molecule has 1 aromatic carbocycles. The minimum Gasteiger partial charge on any atom is -0.390 e. The summed E-state index contributed by atoms with van der Waals surface area (Å²) < 4.78 is 0. The van der Waals surface area contributed by atoms with Gasteiger partial charge in [-0.15, -0.1) is 0 Å². The number of carbonyl (C=O) groups is 1. The van der Waals surface area contributed by atoms with E-state index in [0.717, 1.165) is 37.9 Å². The number of piperidine rings is 1. The maximum atomic E-state index is 12.9. The molecule has 1 amide bonds. The Kier molecular flexibility index (Phi) is 4.47. The summed E-state index contributed by atoms with van der Waals surface area (Å²) in [7, 11) is 2.08. The lowest BCUT2D eigenvalue weighted by molar-refractivity contribution is -0.124. The molecule has 0 spiro atoms. The number of nitrogens with zero attached hydrogens (tertiary/aromatic N) is 1. The smallest absolute Gasteiger partial charge is 0.231 e. The van der Waals surface area contributed by atoms with Crippen LogP contribution >= 0.6 is 0 Å². The molecule has 1 aliphatic heterocycles. The van der Waals surface area contributed by atoms with Crippen molar-refractivity contribution in [2.75, 3.05) is 26.7 Å². The van der Waals surface area contributed by atoms with E-state index in [0.29, 0.717) is 13.0 Å². The Bertz CT molecular complexity index is 591. The second kappa shape index (κ2) is 6.16. The third kappa shape index (κ3) is 3.09. The number of benzene rings is 1. The molecule has 0 aromatic heterocycles. The molecule has 3 rings (SSSR count). The van der Waals surface area contributed by atoms with Crippen LogP contribution in [0.3, 0.4) is 0 Å². The van der Waals surface area contributed by atoms with E-state index in [2.05, 4.69) is 43.2 Å². The molecule has 132 valence electrons. The largest absolute Gasteiger partial charge is 0.390 e. The van der Waals surface area contributed by atoms with E-state index in [1.807, 2.05) is 18.2 Å². The van der Waals surface area contributed by atoms with Gasteiger partial charge in [0.2, 0.25) is 5.91 Å². The monoisotopic (exact) mass is 330 g/mol. The summed E-state index contributed by atoms with van der Waals surface area (Å²) in [6.07, 6.45) is 3.09. The van der Waals surface area contributed by atoms with Crippen molar-refractivity contribution in [2.24, 2.45) is 5.41 Å². The van der Waals surface area contributed by atoms with Gasteiger partial charge in [-0.3, -0.25) is 4.79 Å². The normalized spacial score (nSPS) is 28.3. The molecule has 2 aliphatic rings. The Hall–Kier alpha value is -1.39. The Labute approximate surface area is 145 Å². The van der Waals surface area contributed by atoms with Crippen LogP contribution in [0.4, 0.5) is 0 Å². The molecular weight excluding hydrogens is 300 g/mol. The molecule has 1 heterocycles. The van der Waals surface area contributed by atoms with Gasteiger partial charge < -0.3 is 15.3 Å². The van der Waals surface area contributed by atoms with Gasteiger partial charge in [-0.2, -0.15) is 0 Å². The van der Waals surface area contributed by atoms with Crippen LogP contribution in [0, 0.1) is 5.41 Å². The number of hydrogen-bond donors (Lipinski definition) is 2. The summed E-state index contributed by atoms with van der Waals surface area (Å²) in [6.45, 7) is 6.70. The van der Waals surface area contributed by atoms with Gasteiger partial charge >= 0.3 is 0 Å². The average molecular weight is 330 g/mol. The standard InChI is InChI=1S/C20H30N2O2/c1-18(2)15-20(18,16-7-5-4-6-8-16)17(23)21-12-9-19(24)10-13-22(3)14-11-19/h4-8,24H,9-15H2,1-3H3,(H,21,23). The lowest BCUT2D eigenvalue weighted by Gasteiger charge is -2.36. The van der Waals surface area contributed by atoms with Crippen molar-refractivity contribution < 1.29 is 9.90 Å². The predicted molar refractivity (Wildman–Crippen MR) is 95.8 cm³/mol. The average Bonchev–Trinajstić information content (AvgIpc) is 3.15. The summed E-state index contributed by atoms with van der Waals surface area (Å²) in [5.74, 6) is 0.107. The Balaban J connectivity index is 1.60. The lowest BCUT2D eigenvalue weighted by atomic mass is 9.86. The van der Waals surface area contributed by atoms with Gasteiger partial charge in [0, 0.05) is 19.6 Å². The second-order valence-electron chi connectivity index (χ2n) is 8.37. The summed E-state index contributed by atoms with van der Waals surface area (Å²) in [6, 6.07) is 10.1. The van der Waals surface area contributed by atoms with Crippen LogP contribution in [0.5, 0.6) is 0 Å². The van der Waals surface area contributed by atoms with Gasteiger partial charge in [-0.25, -0.2) is 0 Å². The second-order valence-corrected chi connectivity index (χ2v) is 8.37. The van der Waals surface area contributed by atoms with Crippen LogP contribution in [0.1, 0.15) is 45.1 Å². The van der Waals surface area contributed by atoms with E-state index in [1.54, 1.807) is 0 Å². The highest BCUT2D eigenvalue weighted by Crippen LogP contribution is 2.64. The molecule has 2 N–H and O–H groups in total. The lowest BCUT2D eigenvalue weighted by Crippen LogP contribution is -2.46. The van der Waals surface area contributed by atoms with Gasteiger partial charge in [0.1, 0.15) is 0 Å². The van der Waals surface area contributed by atoms with E-state index in [4.69, 9.17) is 0 Å². The fraction of sp³-hybridized carbons (Fsp3) is 0.650. The zero-order valence-electron chi connectivity index (χ0n) is 15.1. The molecule has 1 saturated heterocycles. The number of aliphatic hydroxyl groups is 1. The highest BCUT2D eigenvalue weighted by Gasteiger charge is 2.66. The molecule has 0 bridgehead atoms. The number of carbonyl (C=O) groups excluding carboxylic acids is 1. The first-order valence-electron chi connectivity index (χ1n) is 9.04. The Morgan fingerprint density at radius 2 is 1.79 bits per heavy atom. The van der Waals surface area contributed by atoms with Crippen LogP contribution in [0.15, 0.2) is 30.3 Å². The van der Waals surface area contributed by atoms with Crippen LogP contribution in [-0.2, 0) is 10.2 Å². The van der Waals surface area contributed by atoms with Gasteiger partial charge in [0.25, 0.3) is 0 Å². The summed E-state index contributed by atoms with van der Waals surface area (Å²) >= 11 is 0. The molecule has 24 heavy (non-hydrogen) atoms. The Morgan fingerprint density at radius 1 is 1.21 bits per heavy atom. The minimum atomic E-state index is -0.626. The number of nitrogens with one attached hydrogen (secondary N) is 1. The zero-order valence-corrected chi connectivity index (χ0v) is 15.1. The summed E-state index contributed by atoms with van der Waals surface area (Å²) in [4.78, 5) is 15.2. The zero-order chi connectivity index (χ0) is 17.4. The number of likely N-dealkylation sites (tertiary alicyclic amines) is 1. The van der Waals surface area contributed by atoms with Crippen molar-refractivity contribution >= 4 is 5.91 Å². The highest BCUT2D eigenvalue weighted by atomic mass is 16.3. The van der Waals surface area contributed by atoms with Crippen LogP contribution in [0.2, 0.25) is 0 Å². The SMILES string of the molecule is CN1CCC(O)(CCNC(=O)C2(c3ccccc3)CC2(C)C)CC1. The van der Waals surface area contributed by atoms with E-state index in [9.17, 15) is 9.90 Å².